The number of nitrogens with two attached hydrogens (primary N) is 1. The maximum absolute atomic E-state index is 6.32. The summed E-state index contributed by atoms with van der Waals surface area (Å²) in [5, 5.41) is 0. The summed E-state index contributed by atoms with van der Waals surface area (Å²) >= 11 is 0. The molecular weight excluding hydrogens is 212 g/mol. The lowest BCUT2D eigenvalue weighted by Gasteiger charge is -2.30. The number of benzene rings is 1. The van der Waals surface area contributed by atoms with Crippen molar-refractivity contribution in [2.45, 2.75) is 25.4 Å². The molecular formula is C14H22N2O. The molecule has 1 atom stereocenters. The largest absolute Gasteiger partial charge is 0.379 e. The molecule has 0 saturated carbocycles. The van der Waals surface area contributed by atoms with E-state index in [0.717, 1.165) is 32.7 Å². The predicted molar refractivity (Wildman–Crippen MR) is 69.7 cm³/mol. The second-order valence-corrected chi connectivity index (χ2v) is 4.95. The van der Waals surface area contributed by atoms with Gasteiger partial charge in [0.15, 0.2) is 0 Å². The fourth-order valence-electron chi connectivity index (χ4n) is 2.31. The third kappa shape index (κ3) is 3.53. The van der Waals surface area contributed by atoms with Gasteiger partial charge in [0, 0.05) is 19.7 Å². The van der Waals surface area contributed by atoms with Crippen LogP contribution in [0.5, 0.6) is 0 Å². The van der Waals surface area contributed by atoms with Crippen LogP contribution in [0.3, 0.4) is 0 Å². The highest BCUT2D eigenvalue weighted by Crippen LogP contribution is 2.18. The summed E-state index contributed by atoms with van der Waals surface area (Å²) in [5.41, 5.74) is 7.52. The van der Waals surface area contributed by atoms with Gasteiger partial charge in [-0.2, -0.15) is 0 Å². The monoisotopic (exact) mass is 234 g/mol. The Labute approximate surface area is 104 Å². The molecule has 1 saturated heterocycles. The van der Waals surface area contributed by atoms with Crippen LogP contribution < -0.4 is 5.73 Å². The zero-order chi connectivity index (χ0) is 12.1. The van der Waals surface area contributed by atoms with E-state index in [2.05, 4.69) is 42.2 Å². The van der Waals surface area contributed by atoms with Gasteiger partial charge in [0.1, 0.15) is 0 Å². The Balaban J connectivity index is 1.93. The van der Waals surface area contributed by atoms with E-state index in [1.165, 1.54) is 5.56 Å². The van der Waals surface area contributed by atoms with Crippen LogP contribution in [0.4, 0.5) is 0 Å². The fraction of sp³-hybridized carbons (Fsp3) is 0.571. The molecule has 3 heteroatoms. The first-order valence-corrected chi connectivity index (χ1v) is 6.35. The number of hydrogen-bond acceptors (Lipinski definition) is 3. The van der Waals surface area contributed by atoms with Crippen molar-refractivity contribution in [1.82, 2.24) is 4.90 Å². The van der Waals surface area contributed by atoms with Crippen molar-refractivity contribution in [3.05, 3.63) is 35.9 Å². The minimum atomic E-state index is -0.148. The van der Waals surface area contributed by atoms with Crippen molar-refractivity contribution in [2.75, 3.05) is 26.3 Å². The average molecular weight is 234 g/mol. The molecule has 1 heterocycles. The van der Waals surface area contributed by atoms with Gasteiger partial charge in [-0.25, -0.2) is 0 Å². The topological polar surface area (TPSA) is 38.5 Å². The third-order valence-corrected chi connectivity index (χ3v) is 3.37. The lowest BCUT2D eigenvalue weighted by atomic mass is 9.99. The van der Waals surface area contributed by atoms with Crippen LogP contribution in [0.15, 0.2) is 30.3 Å². The van der Waals surface area contributed by atoms with E-state index in [-0.39, 0.29) is 5.54 Å². The summed E-state index contributed by atoms with van der Waals surface area (Å²) in [6.45, 7) is 6.59. The Morgan fingerprint density at radius 1 is 1.35 bits per heavy atom. The molecule has 1 aliphatic heterocycles. The molecule has 0 bridgehead atoms. The molecule has 2 rings (SSSR count). The first kappa shape index (κ1) is 12.6. The van der Waals surface area contributed by atoms with Crippen LogP contribution in [-0.4, -0.2) is 36.7 Å². The van der Waals surface area contributed by atoms with Gasteiger partial charge in [-0.15, -0.1) is 0 Å². The van der Waals surface area contributed by atoms with E-state index < -0.39 is 0 Å². The lowest BCUT2D eigenvalue weighted by molar-refractivity contribution is 0.152. The number of nitrogens with zero attached hydrogens (tertiary/aromatic N) is 1. The van der Waals surface area contributed by atoms with Gasteiger partial charge in [0.25, 0.3) is 0 Å². The molecule has 2 N–H and O–H groups in total. The summed E-state index contributed by atoms with van der Waals surface area (Å²) < 4.78 is 5.40. The van der Waals surface area contributed by atoms with Crippen molar-refractivity contribution in [1.29, 1.82) is 0 Å². The van der Waals surface area contributed by atoms with Crippen LogP contribution in [-0.2, 0) is 11.3 Å². The minimum absolute atomic E-state index is 0.148. The van der Waals surface area contributed by atoms with E-state index >= 15 is 0 Å². The van der Waals surface area contributed by atoms with Crippen LogP contribution >= 0.6 is 0 Å². The maximum Gasteiger partial charge on any atom is 0.0659 e. The Hall–Kier alpha value is -0.900. The van der Waals surface area contributed by atoms with E-state index in [0.29, 0.717) is 6.61 Å². The van der Waals surface area contributed by atoms with Gasteiger partial charge in [-0.05, 0) is 18.5 Å². The van der Waals surface area contributed by atoms with E-state index in [9.17, 15) is 0 Å². The molecule has 1 aliphatic rings. The minimum Gasteiger partial charge on any atom is -0.379 e. The van der Waals surface area contributed by atoms with Crippen molar-refractivity contribution in [3.63, 3.8) is 0 Å². The standard InChI is InChI=1S/C14H22N2O/c1-2-16(10-13-6-4-3-5-7-13)11-14(15)8-9-17-12-14/h3-7H,2,8-12,15H2,1H3. The van der Waals surface area contributed by atoms with Gasteiger partial charge in [0.2, 0.25) is 0 Å². The number of hydrogen-bond donors (Lipinski definition) is 1. The summed E-state index contributed by atoms with van der Waals surface area (Å²) in [7, 11) is 0. The molecule has 0 aromatic heterocycles. The molecule has 1 aromatic carbocycles. The summed E-state index contributed by atoms with van der Waals surface area (Å²) in [6.07, 6.45) is 0.971. The zero-order valence-corrected chi connectivity index (χ0v) is 10.6. The molecule has 0 amide bonds. The average Bonchev–Trinajstić information content (AvgIpc) is 2.76. The van der Waals surface area contributed by atoms with Gasteiger partial charge < -0.3 is 10.5 Å². The van der Waals surface area contributed by atoms with Crippen molar-refractivity contribution in [3.8, 4) is 0 Å². The molecule has 1 aromatic rings. The normalized spacial score (nSPS) is 24.4. The fourth-order valence-corrected chi connectivity index (χ4v) is 2.31. The maximum atomic E-state index is 6.32. The van der Waals surface area contributed by atoms with Crippen molar-refractivity contribution < 1.29 is 4.74 Å². The second-order valence-electron chi connectivity index (χ2n) is 4.95. The Morgan fingerprint density at radius 3 is 2.71 bits per heavy atom. The van der Waals surface area contributed by atoms with E-state index in [1.54, 1.807) is 0 Å². The van der Waals surface area contributed by atoms with E-state index in [1.807, 2.05) is 0 Å². The third-order valence-electron chi connectivity index (χ3n) is 3.37. The molecule has 0 spiro atoms. The highest BCUT2D eigenvalue weighted by Gasteiger charge is 2.31. The van der Waals surface area contributed by atoms with Gasteiger partial charge >= 0.3 is 0 Å². The van der Waals surface area contributed by atoms with Crippen LogP contribution in [0.2, 0.25) is 0 Å². The summed E-state index contributed by atoms with van der Waals surface area (Å²) in [4.78, 5) is 2.39. The summed E-state index contributed by atoms with van der Waals surface area (Å²) in [5.74, 6) is 0. The first-order chi connectivity index (χ1) is 8.22. The lowest BCUT2D eigenvalue weighted by Crippen LogP contribution is -2.50. The Kier molecular flexibility index (Phi) is 4.15. The quantitative estimate of drug-likeness (QED) is 0.841. The number of ether oxygens (including phenoxy) is 1. The smallest absolute Gasteiger partial charge is 0.0659 e. The Morgan fingerprint density at radius 2 is 2.12 bits per heavy atom. The SMILES string of the molecule is CCN(Cc1ccccc1)CC1(N)CCOC1. The molecule has 94 valence electrons. The molecule has 1 unspecified atom stereocenters. The summed E-state index contributed by atoms with van der Waals surface area (Å²) in [6, 6.07) is 10.5. The number of likely N-dealkylation sites (N-methyl/N-ethyl adjacent to an activating group) is 1. The highest BCUT2D eigenvalue weighted by molar-refractivity contribution is 5.14. The highest BCUT2D eigenvalue weighted by atomic mass is 16.5. The zero-order valence-electron chi connectivity index (χ0n) is 10.6. The van der Waals surface area contributed by atoms with Crippen LogP contribution in [0.25, 0.3) is 0 Å². The van der Waals surface area contributed by atoms with Crippen LogP contribution in [0.1, 0.15) is 18.9 Å². The Bertz CT molecular complexity index is 333. The van der Waals surface area contributed by atoms with E-state index in [4.69, 9.17) is 10.5 Å². The molecule has 0 aliphatic carbocycles. The number of rotatable bonds is 5. The predicted octanol–water partition coefficient (Wildman–Crippen LogP) is 1.63. The molecule has 0 radical (unpaired) electrons. The van der Waals surface area contributed by atoms with Crippen LogP contribution in [0, 0.1) is 0 Å². The molecule has 1 fully saturated rings. The van der Waals surface area contributed by atoms with Crippen molar-refractivity contribution in [2.24, 2.45) is 5.73 Å². The molecule has 3 nitrogen and oxygen atoms in total. The van der Waals surface area contributed by atoms with Crippen molar-refractivity contribution >= 4 is 0 Å². The van der Waals surface area contributed by atoms with Gasteiger partial charge in [-0.1, -0.05) is 37.3 Å². The van der Waals surface area contributed by atoms with Gasteiger partial charge in [0.05, 0.1) is 12.1 Å². The first-order valence-electron chi connectivity index (χ1n) is 6.35. The second kappa shape index (κ2) is 5.63. The molecule has 17 heavy (non-hydrogen) atoms. The van der Waals surface area contributed by atoms with Gasteiger partial charge in [-0.3, -0.25) is 4.90 Å².